The largest absolute Gasteiger partial charge is 0.490 e. The van der Waals surface area contributed by atoms with E-state index in [1.807, 2.05) is 36.4 Å². The Morgan fingerprint density at radius 1 is 1.00 bits per heavy atom. The zero-order valence-corrected chi connectivity index (χ0v) is 23.9. The van der Waals surface area contributed by atoms with Gasteiger partial charge in [-0.05, 0) is 75.0 Å². The van der Waals surface area contributed by atoms with Crippen molar-refractivity contribution in [2.45, 2.75) is 52.5 Å². The molecule has 40 heavy (non-hydrogen) atoms. The van der Waals surface area contributed by atoms with Crippen molar-refractivity contribution in [3.05, 3.63) is 83.2 Å². The van der Waals surface area contributed by atoms with Crippen molar-refractivity contribution in [1.82, 2.24) is 19.8 Å². The number of fused-ring (bicyclic) bond motifs is 3. The van der Waals surface area contributed by atoms with Crippen LogP contribution in [0.5, 0.6) is 17.4 Å². The molecule has 2 aromatic heterocycles. The van der Waals surface area contributed by atoms with E-state index >= 15 is 0 Å². The fourth-order valence-corrected chi connectivity index (χ4v) is 5.48. The van der Waals surface area contributed by atoms with Crippen LogP contribution in [0.1, 0.15) is 48.1 Å². The molecule has 5 rings (SSSR count). The van der Waals surface area contributed by atoms with Gasteiger partial charge in [-0.15, -0.1) is 0 Å². The Morgan fingerprint density at radius 3 is 2.70 bits per heavy atom. The van der Waals surface area contributed by atoms with E-state index in [0.717, 1.165) is 50.0 Å². The molecular weight excluding hydrogens is 500 g/mol. The smallest absolute Gasteiger partial charge is 0.234 e. The van der Waals surface area contributed by atoms with Crippen LogP contribution in [0.2, 0.25) is 0 Å². The summed E-state index contributed by atoms with van der Waals surface area (Å²) in [5.74, 6) is 1.97. The molecule has 210 valence electrons. The maximum absolute atomic E-state index is 13.1. The van der Waals surface area contributed by atoms with E-state index in [0.29, 0.717) is 37.9 Å². The van der Waals surface area contributed by atoms with Crippen molar-refractivity contribution in [3.63, 3.8) is 0 Å². The molecule has 1 N–H and O–H groups in total. The number of aromatic nitrogens is 2. The first-order valence-corrected chi connectivity index (χ1v) is 14.4. The standard InChI is InChI=1S/C33H40N4O3/c1-24-14-15-28-27(25(2)36(3)29(28)21-24)16-18-34-32(38)23-37-19-8-4-5-9-20-39-30-12-6-7-13-31(30)40-33-26(22-37)11-10-17-35-33/h6-7,10-15,17,21H,4-5,8-9,16,18-20,22-23H2,1-3H3,(H,34,38). The fourth-order valence-electron chi connectivity index (χ4n) is 5.48. The van der Waals surface area contributed by atoms with E-state index in [-0.39, 0.29) is 5.91 Å². The number of rotatable bonds is 5. The summed E-state index contributed by atoms with van der Waals surface area (Å²) >= 11 is 0. The van der Waals surface area contributed by atoms with Crippen molar-refractivity contribution in [2.75, 3.05) is 26.2 Å². The van der Waals surface area contributed by atoms with Crippen LogP contribution in [0.3, 0.4) is 0 Å². The van der Waals surface area contributed by atoms with Crippen LogP contribution in [-0.2, 0) is 24.8 Å². The Labute approximate surface area is 237 Å². The number of nitrogens with one attached hydrogen (secondary N) is 1. The van der Waals surface area contributed by atoms with Gasteiger partial charge >= 0.3 is 0 Å². The van der Waals surface area contributed by atoms with Gasteiger partial charge in [-0.2, -0.15) is 0 Å². The summed E-state index contributed by atoms with van der Waals surface area (Å²) in [6.45, 7) is 7.29. The highest BCUT2D eigenvalue weighted by atomic mass is 16.5. The van der Waals surface area contributed by atoms with Crippen LogP contribution < -0.4 is 14.8 Å². The highest BCUT2D eigenvalue weighted by Crippen LogP contribution is 2.32. The zero-order chi connectivity index (χ0) is 27.9. The molecule has 7 nitrogen and oxygen atoms in total. The second-order valence-electron chi connectivity index (χ2n) is 10.7. The number of nitrogens with zero attached hydrogens (tertiary/aromatic N) is 3. The Hall–Kier alpha value is -3.84. The van der Waals surface area contributed by atoms with E-state index < -0.39 is 0 Å². The molecule has 2 aromatic carbocycles. The molecule has 1 aliphatic heterocycles. The Morgan fingerprint density at radius 2 is 1.82 bits per heavy atom. The van der Waals surface area contributed by atoms with Gasteiger partial charge in [0.1, 0.15) is 0 Å². The third-order valence-electron chi connectivity index (χ3n) is 7.77. The lowest BCUT2D eigenvalue weighted by molar-refractivity contribution is -0.122. The average Bonchev–Trinajstić information content (AvgIpc) is 3.18. The van der Waals surface area contributed by atoms with Crippen molar-refractivity contribution in [3.8, 4) is 17.4 Å². The van der Waals surface area contributed by atoms with Crippen LogP contribution in [-0.4, -0.2) is 46.6 Å². The number of carbonyl (C=O) groups is 1. The topological polar surface area (TPSA) is 68.6 Å². The SMILES string of the molecule is Cc1ccc2c(CCNC(=O)CN3CCCCCCOc4ccccc4Oc4ncccc4C3)c(C)n(C)c2c1. The molecule has 0 aliphatic carbocycles. The lowest BCUT2D eigenvalue weighted by Crippen LogP contribution is -2.38. The van der Waals surface area contributed by atoms with Gasteiger partial charge in [0.15, 0.2) is 11.5 Å². The number of aryl methyl sites for hydroxylation is 2. The van der Waals surface area contributed by atoms with E-state index in [2.05, 4.69) is 58.9 Å². The molecule has 1 aliphatic rings. The number of hydrogen-bond acceptors (Lipinski definition) is 5. The van der Waals surface area contributed by atoms with E-state index in [9.17, 15) is 4.79 Å². The van der Waals surface area contributed by atoms with Crippen molar-refractivity contribution in [2.24, 2.45) is 7.05 Å². The molecule has 0 radical (unpaired) electrons. The van der Waals surface area contributed by atoms with Gasteiger partial charge < -0.3 is 19.4 Å². The number of pyridine rings is 1. The molecule has 0 fully saturated rings. The Bertz CT molecular complexity index is 1460. The molecule has 0 saturated heterocycles. The molecule has 3 heterocycles. The lowest BCUT2D eigenvalue weighted by atomic mass is 10.1. The first-order chi connectivity index (χ1) is 19.5. The maximum atomic E-state index is 13.1. The number of ether oxygens (including phenoxy) is 2. The van der Waals surface area contributed by atoms with E-state index in [1.165, 1.54) is 27.7 Å². The van der Waals surface area contributed by atoms with Gasteiger partial charge in [-0.25, -0.2) is 4.98 Å². The number of amides is 1. The average molecular weight is 541 g/mol. The first kappa shape index (κ1) is 27.7. The molecule has 0 saturated carbocycles. The zero-order valence-electron chi connectivity index (χ0n) is 23.9. The summed E-state index contributed by atoms with van der Waals surface area (Å²) in [7, 11) is 2.11. The van der Waals surface area contributed by atoms with Gasteiger partial charge in [-0.1, -0.05) is 43.2 Å². The Balaban J connectivity index is 1.26. The Kier molecular flexibility index (Phi) is 9.01. The minimum Gasteiger partial charge on any atom is -0.490 e. The predicted octanol–water partition coefficient (Wildman–Crippen LogP) is 6.10. The van der Waals surface area contributed by atoms with Gasteiger partial charge in [0.2, 0.25) is 11.8 Å². The van der Waals surface area contributed by atoms with Crippen molar-refractivity contribution >= 4 is 16.8 Å². The molecule has 0 spiro atoms. The number of benzene rings is 2. The van der Waals surface area contributed by atoms with Crippen LogP contribution in [0.4, 0.5) is 0 Å². The number of para-hydroxylation sites is 2. The third-order valence-corrected chi connectivity index (χ3v) is 7.77. The fraction of sp³-hybridized carbons (Fsp3) is 0.394. The van der Waals surface area contributed by atoms with Gasteiger partial charge in [-0.3, -0.25) is 9.69 Å². The minimum absolute atomic E-state index is 0.0416. The van der Waals surface area contributed by atoms with E-state index in [4.69, 9.17) is 9.47 Å². The second-order valence-corrected chi connectivity index (χ2v) is 10.7. The normalized spacial score (nSPS) is 14.9. The highest BCUT2D eigenvalue weighted by Gasteiger charge is 2.17. The van der Waals surface area contributed by atoms with Crippen LogP contribution >= 0.6 is 0 Å². The van der Waals surface area contributed by atoms with E-state index in [1.54, 1.807) is 6.20 Å². The molecule has 0 bridgehead atoms. The molecule has 7 heteroatoms. The quantitative estimate of drug-likeness (QED) is 0.332. The molecule has 0 atom stereocenters. The third kappa shape index (κ3) is 6.65. The monoisotopic (exact) mass is 540 g/mol. The molecule has 0 unspecified atom stereocenters. The summed E-state index contributed by atoms with van der Waals surface area (Å²) in [5, 5.41) is 4.45. The highest BCUT2D eigenvalue weighted by molar-refractivity contribution is 5.86. The summed E-state index contributed by atoms with van der Waals surface area (Å²) in [6, 6.07) is 18.3. The first-order valence-electron chi connectivity index (χ1n) is 14.4. The predicted molar refractivity (Wildman–Crippen MR) is 159 cm³/mol. The molecule has 4 aromatic rings. The summed E-state index contributed by atoms with van der Waals surface area (Å²) in [4.78, 5) is 19.9. The van der Waals surface area contributed by atoms with Crippen LogP contribution in [0.15, 0.2) is 60.8 Å². The molecule has 1 amide bonds. The maximum Gasteiger partial charge on any atom is 0.234 e. The second kappa shape index (κ2) is 13.0. The van der Waals surface area contributed by atoms with Crippen LogP contribution in [0.25, 0.3) is 10.9 Å². The number of carbonyl (C=O) groups excluding carboxylic acids is 1. The van der Waals surface area contributed by atoms with Crippen LogP contribution in [0, 0.1) is 13.8 Å². The van der Waals surface area contributed by atoms with Gasteiger partial charge in [0.05, 0.1) is 13.2 Å². The summed E-state index contributed by atoms with van der Waals surface area (Å²) in [5.41, 5.74) is 6.00. The van der Waals surface area contributed by atoms with Gasteiger partial charge in [0, 0.05) is 48.5 Å². The minimum atomic E-state index is 0.0416. The van der Waals surface area contributed by atoms with Crippen molar-refractivity contribution in [1.29, 1.82) is 0 Å². The number of hydrogen-bond donors (Lipinski definition) is 1. The van der Waals surface area contributed by atoms with Crippen molar-refractivity contribution < 1.29 is 14.3 Å². The molecular formula is C33H40N4O3. The van der Waals surface area contributed by atoms with Gasteiger partial charge in [0.25, 0.3) is 0 Å². The summed E-state index contributed by atoms with van der Waals surface area (Å²) in [6.07, 6.45) is 6.73. The lowest BCUT2D eigenvalue weighted by Gasteiger charge is -2.23. The summed E-state index contributed by atoms with van der Waals surface area (Å²) < 4.78 is 14.5.